The van der Waals surface area contributed by atoms with Crippen LogP contribution in [0, 0.1) is 0 Å². The maximum Gasteiger partial charge on any atom is 0.163 e. The zero-order valence-electron chi connectivity index (χ0n) is 26.8. The van der Waals surface area contributed by atoms with Gasteiger partial charge in [0.05, 0.1) is 29.1 Å². The summed E-state index contributed by atoms with van der Waals surface area (Å²) in [5.74, 6) is 3.49. The van der Waals surface area contributed by atoms with Crippen LogP contribution in [0.2, 0.25) is 0 Å². The second kappa shape index (κ2) is 11.2. The zero-order chi connectivity index (χ0) is 33.1. The number of benzene rings is 4. The van der Waals surface area contributed by atoms with Crippen LogP contribution in [-0.2, 0) is 5.41 Å². The molecule has 7 heteroatoms. The van der Waals surface area contributed by atoms with Gasteiger partial charge in [-0.1, -0.05) is 91.0 Å². The van der Waals surface area contributed by atoms with Crippen molar-refractivity contribution in [3.63, 3.8) is 0 Å². The first kappa shape index (κ1) is 28.3. The molecule has 1 atom stereocenters. The quantitative estimate of drug-likeness (QED) is 0.186. The van der Waals surface area contributed by atoms with Crippen LogP contribution in [0.4, 0.5) is 0 Å². The van der Waals surface area contributed by atoms with E-state index < -0.39 is 5.41 Å². The number of pyridine rings is 2. The largest absolute Gasteiger partial charge is 0.460 e. The Morgan fingerprint density at radius 3 is 2.08 bits per heavy atom. The van der Waals surface area contributed by atoms with Crippen LogP contribution in [0.25, 0.3) is 61.5 Å². The molecule has 1 unspecified atom stereocenters. The minimum absolute atomic E-state index is 0.624. The minimum Gasteiger partial charge on any atom is -0.460 e. The lowest BCUT2D eigenvalue weighted by atomic mass is 9.73. The summed E-state index contributed by atoms with van der Waals surface area (Å²) < 4.78 is 8.83. The van der Waals surface area contributed by atoms with Crippen LogP contribution < -0.4 is 4.74 Å². The van der Waals surface area contributed by atoms with Gasteiger partial charge in [-0.15, -0.1) is 0 Å². The number of fused-ring (bicyclic) bond motifs is 6. The topological polar surface area (TPSA) is 78.6 Å². The Labute approximate surface area is 288 Å². The molecule has 50 heavy (non-hydrogen) atoms. The Morgan fingerprint density at radius 1 is 0.640 bits per heavy atom. The van der Waals surface area contributed by atoms with Crippen LogP contribution >= 0.6 is 0 Å². The Morgan fingerprint density at radius 2 is 1.34 bits per heavy atom. The summed E-state index contributed by atoms with van der Waals surface area (Å²) >= 11 is 0. The van der Waals surface area contributed by atoms with Gasteiger partial charge in [0.15, 0.2) is 17.5 Å². The summed E-state index contributed by atoms with van der Waals surface area (Å²) in [6.45, 7) is 0. The van der Waals surface area contributed by atoms with Crippen molar-refractivity contribution >= 4 is 21.8 Å². The highest BCUT2D eigenvalue weighted by Crippen LogP contribution is 2.53. The Bertz CT molecular complexity index is 2590. The first-order valence-electron chi connectivity index (χ1n) is 16.6. The average Bonchev–Trinajstić information content (AvgIpc) is 3.71. The van der Waals surface area contributed by atoms with Gasteiger partial charge in [0, 0.05) is 44.9 Å². The van der Waals surface area contributed by atoms with Crippen molar-refractivity contribution in [3.8, 4) is 45.5 Å². The molecule has 0 N–H and O–H groups in total. The van der Waals surface area contributed by atoms with Gasteiger partial charge in [0.25, 0.3) is 0 Å². The fraction of sp³-hybridized carbons (Fsp3) is 0.0465. The number of rotatable bonds is 5. The van der Waals surface area contributed by atoms with E-state index in [9.17, 15) is 0 Å². The molecule has 4 aromatic carbocycles. The summed E-state index contributed by atoms with van der Waals surface area (Å²) in [5.41, 5.74) is 7.11. The van der Waals surface area contributed by atoms with E-state index in [2.05, 4.69) is 64.2 Å². The van der Waals surface area contributed by atoms with Gasteiger partial charge in [-0.25, -0.2) is 15.0 Å². The lowest BCUT2D eigenvalue weighted by Gasteiger charge is -2.29. The van der Waals surface area contributed by atoms with Gasteiger partial charge in [-0.3, -0.25) is 9.97 Å². The van der Waals surface area contributed by atoms with E-state index in [0.29, 0.717) is 23.9 Å². The molecule has 2 aliphatic rings. The van der Waals surface area contributed by atoms with Crippen molar-refractivity contribution in [2.75, 3.05) is 0 Å². The van der Waals surface area contributed by atoms with Crippen LogP contribution in [0.15, 0.2) is 164 Å². The fourth-order valence-corrected chi connectivity index (χ4v) is 7.34. The fourth-order valence-electron chi connectivity index (χ4n) is 7.34. The number of hydrogen-bond acceptors (Lipinski definition) is 6. The van der Waals surface area contributed by atoms with Crippen LogP contribution in [-0.4, -0.2) is 29.5 Å². The molecular formula is C43H28N6O. The van der Waals surface area contributed by atoms with Crippen LogP contribution in [0.1, 0.15) is 17.8 Å². The van der Waals surface area contributed by atoms with E-state index in [4.69, 9.17) is 24.7 Å². The van der Waals surface area contributed by atoms with E-state index >= 15 is 0 Å². The molecule has 1 aliphatic carbocycles. The van der Waals surface area contributed by atoms with Crippen molar-refractivity contribution in [2.45, 2.75) is 11.8 Å². The summed E-state index contributed by atoms with van der Waals surface area (Å²) in [5, 5.41) is 2.24. The Hall–Kier alpha value is -6.73. The van der Waals surface area contributed by atoms with Crippen molar-refractivity contribution < 1.29 is 4.74 Å². The van der Waals surface area contributed by atoms with Crippen LogP contribution in [0.5, 0.6) is 5.75 Å². The third kappa shape index (κ3) is 4.33. The third-order valence-electron chi connectivity index (χ3n) is 9.73. The molecule has 236 valence electrons. The number of hydrogen-bond donors (Lipinski definition) is 0. The van der Waals surface area contributed by atoms with E-state index in [1.54, 1.807) is 0 Å². The predicted octanol–water partition coefficient (Wildman–Crippen LogP) is 9.28. The molecule has 8 aromatic rings. The van der Waals surface area contributed by atoms with E-state index in [1.165, 1.54) is 0 Å². The molecule has 0 saturated carbocycles. The van der Waals surface area contributed by atoms with Crippen molar-refractivity contribution in [2.24, 2.45) is 0 Å². The highest BCUT2D eigenvalue weighted by molar-refractivity contribution is 6.09. The monoisotopic (exact) mass is 644 g/mol. The Balaban J connectivity index is 1.16. The maximum atomic E-state index is 6.61. The zero-order valence-corrected chi connectivity index (χ0v) is 26.8. The smallest absolute Gasteiger partial charge is 0.163 e. The molecule has 0 fully saturated rings. The molecule has 4 aromatic heterocycles. The molecule has 10 rings (SSSR count). The summed E-state index contributed by atoms with van der Waals surface area (Å²) in [6.07, 6.45) is 12.6. The highest BCUT2D eigenvalue weighted by atomic mass is 16.5. The van der Waals surface area contributed by atoms with Crippen molar-refractivity contribution in [3.05, 3.63) is 175 Å². The molecule has 0 radical (unpaired) electrons. The first-order chi connectivity index (χ1) is 24.8. The molecule has 0 spiro atoms. The van der Waals surface area contributed by atoms with Crippen LogP contribution in [0.3, 0.4) is 0 Å². The summed E-state index contributed by atoms with van der Waals surface area (Å²) in [6, 6.07) is 41.1. The summed E-state index contributed by atoms with van der Waals surface area (Å²) in [4.78, 5) is 24.8. The molecule has 5 heterocycles. The van der Waals surface area contributed by atoms with Gasteiger partial charge in [0.2, 0.25) is 0 Å². The normalized spacial score (nSPS) is 16.2. The van der Waals surface area contributed by atoms with Crippen molar-refractivity contribution in [1.29, 1.82) is 0 Å². The van der Waals surface area contributed by atoms with Gasteiger partial charge in [-0.05, 0) is 55.0 Å². The van der Waals surface area contributed by atoms with Crippen molar-refractivity contribution in [1.82, 2.24) is 29.5 Å². The molecule has 0 bridgehead atoms. The van der Waals surface area contributed by atoms with E-state index in [-0.39, 0.29) is 0 Å². The minimum atomic E-state index is -0.741. The van der Waals surface area contributed by atoms with Gasteiger partial charge >= 0.3 is 0 Å². The van der Waals surface area contributed by atoms with Gasteiger partial charge < -0.3 is 9.30 Å². The standard InChI is InChI=1S/C43H28N6O/c1-4-12-28(13-5-1)40-46-41(29-14-6-2-7-15-29)48-42(47-40)43-22-11-10-18-39(43)50-38-20-19-30(24-34(38)43)35-25-33-32-21-23-44-26-36(32)49(37(33)27-45-35)31-16-8-3-9-17-31/h1-21,23-27H,22H2. The first-order valence-corrected chi connectivity index (χ1v) is 16.6. The molecule has 0 amide bonds. The number of ether oxygens (including phenoxy) is 1. The lowest BCUT2D eigenvalue weighted by Crippen LogP contribution is -2.31. The highest BCUT2D eigenvalue weighted by Gasteiger charge is 2.50. The van der Waals surface area contributed by atoms with Gasteiger partial charge in [0.1, 0.15) is 16.9 Å². The number of allylic oxidation sites excluding steroid dienone is 4. The average molecular weight is 645 g/mol. The van der Waals surface area contributed by atoms with E-state index in [1.807, 2.05) is 104 Å². The van der Waals surface area contributed by atoms with Gasteiger partial charge in [-0.2, -0.15) is 0 Å². The second-order valence-electron chi connectivity index (χ2n) is 12.6. The van der Waals surface area contributed by atoms with E-state index in [0.717, 1.165) is 66.9 Å². The number of aromatic nitrogens is 6. The summed E-state index contributed by atoms with van der Waals surface area (Å²) in [7, 11) is 0. The molecule has 7 nitrogen and oxygen atoms in total. The SMILES string of the molecule is C1=CCC2(c3nc(-c4ccccc4)nc(-c4ccccc4)n3)C(=C1)Oc1ccc(-c3cc4c5ccncc5n(-c5ccccc5)c4cn3)cc12. The number of para-hydroxylation sites is 1. The molecular weight excluding hydrogens is 617 g/mol. The lowest BCUT2D eigenvalue weighted by molar-refractivity contribution is 0.382. The second-order valence-corrected chi connectivity index (χ2v) is 12.6. The third-order valence-corrected chi connectivity index (χ3v) is 9.73. The number of nitrogens with zero attached hydrogens (tertiary/aromatic N) is 6. The Kier molecular flexibility index (Phi) is 6.32. The molecule has 0 saturated heterocycles. The molecule has 1 aliphatic heterocycles. The predicted molar refractivity (Wildman–Crippen MR) is 196 cm³/mol. The maximum absolute atomic E-state index is 6.61.